The summed E-state index contributed by atoms with van der Waals surface area (Å²) >= 11 is 0. The summed E-state index contributed by atoms with van der Waals surface area (Å²) in [7, 11) is 0. The van der Waals surface area contributed by atoms with Gasteiger partial charge in [-0.25, -0.2) is 4.68 Å². The van der Waals surface area contributed by atoms with Crippen LogP contribution in [0.4, 0.5) is 5.69 Å². The first-order valence-corrected chi connectivity index (χ1v) is 6.67. The lowest BCUT2D eigenvalue weighted by molar-refractivity contribution is -0.123. The maximum atomic E-state index is 11.4. The molecular weight excluding hydrogens is 266 g/mol. The molecule has 3 rings (SSSR count). The van der Waals surface area contributed by atoms with E-state index in [1.54, 1.807) is 12.1 Å². The van der Waals surface area contributed by atoms with Crippen molar-refractivity contribution >= 4 is 22.5 Å². The van der Waals surface area contributed by atoms with E-state index in [0.29, 0.717) is 5.69 Å². The number of aliphatic hydroxyl groups is 1. The Bertz CT molecular complexity index is 776. The highest BCUT2D eigenvalue weighted by atomic mass is 16.3. The fourth-order valence-corrected chi connectivity index (χ4v) is 2.11. The van der Waals surface area contributed by atoms with Gasteiger partial charge in [-0.1, -0.05) is 18.2 Å². The van der Waals surface area contributed by atoms with Gasteiger partial charge in [-0.2, -0.15) is 5.10 Å². The van der Waals surface area contributed by atoms with Gasteiger partial charge in [0, 0.05) is 11.1 Å². The summed E-state index contributed by atoms with van der Waals surface area (Å²) in [6.07, 6.45) is 0.790. The van der Waals surface area contributed by atoms with Crippen LogP contribution in [0.5, 0.6) is 0 Å². The van der Waals surface area contributed by atoms with Crippen LogP contribution in [-0.4, -0.2) is 26.9 Å². The zero-order valence-corrected chi connectivity index (χ0v) is 11.5. The number of hydrogen-bond donors (Lipinski definition) is 2. The van der Waals surface area contributed by atoms with Crippen LogP contribution in [0.3, 0.4) is 0 Å². The Kier molecular flexibility index (Phi) is 3.41. The van der Waals surface area contributed by atoms with Crippen molar-refractivity contribution in [3.05, 3.63) is 54.7 Å². The zero-order valence-electron chi connectivity index (χ0n) is 11.5. The van der Waals surface area contributed by atoms with Gasteiger partial charge < -0.3 is 10.4 Å². The second kappa shape index (κ2) is 5.38. The van der Waals surface area contributed by atoms with E-state index in [2.05, 4.69) is 10.4 Å². The average Bonchev–Trinajstić information content (AvgIpc) is 2.92. The number of nitrogens with one attached hydrogen (secondary N) is 1. The van der Waals surface area contributed by atoms with Crippen LogP contribution in [0, 0.1) is 0 Å². The lowest BCUT2D eigenvalue weighted by Gasteiger charge is -2.08. The predicted octanol–water partition coefficient (Wildman–Crippen LogP) is 2.34. The molecule has 0 saturated carbocycles. The molecule has 2 N–H and O–H groups in total. The fraction of sp³-hybridized carbons (Fsp3) is 0.125. The number of amides is 1. The van der Waals surface area contributed by atoms with Crippen molar-refractivity contribution in [2.75, 3.05) is 5.32 Å². The summed E-state index contributed by atoms with van der Waals surface area (Å²) in [5, 5.41) is 17.3. The number of carbonyl (C=O) groups excluding carboxylic acids is 1. The maximum absolute atomic E-state index is 11.4. The summed E-state index contributed by atoms with van der Waals surface area (Å²) < 4.78 is 1.84. The summed E-state index contributed by atoms with van der Waals surface area (Å²) in [4.78, 5) is 11.4. The van der Waals surface area contributed by atoms with E-state index in [9.17, 15) is 9.90 Å². The highest BCUT2D eigenvalue weighted by Crippen LogP contribution is 2.19. The summed E-state index contributed by atoms with van der Waals surface area (Å²) in [5.74, 6) is -0.424. The largest absolute Gasteiger partial charge is 0.384 e. The first kappa shape index (κ1) is 13.3. The molecule has 0 fully saturated rings. The SMILES string of the molecule is CC(O)C(=O)Nc1ccc(-n2ncc3ccccc32)cc1. The molecule has 1 unspecified atom stereocenters. The highest BCUT2D eigenvalue weighted by Gasteiger charge is 2.09. The Morgan fingerprint density at radius 1 is 1.19 bits per heavy atom. The Morgan fingerprint density at radius 2 is 1.90 bits per heavy atom. The van der Waals surface area contributed by atoms with Crippen molar-refractivity contribution in [2.45, 2.75) is 13.0 Å². The molecule has 0 aliphatic carbocycles. The number of anilines is 1. The minimum atomic E-state index is -1.03. The smallest absolute Gasteiger partial charge is 0.252 e. The monoisotopic (exact) mass is 281 g/mol. The lowest BCUT2D eigenvalue weighted by atomic mass is 10.2. The van der Waals surface area contributed by atoms with E-state index in [0.717, 1.165) is 16.6 Å². The molecular formula is C16H15N3O2. The number of para-hydroxylation sites is 1. The molecule has 0 saturated heterocycles. The van der Waals surface area contributed by atoms with Crippen molar-refractivity contribution in [2.24, 2.45) is 0 Å². The molecule has 3 aromatic rings. The van der Waals surface area contributed by atoms with Crippen molar-refractivity contribution in [3.8, 4) is 5.69 Å². The molecule has 21 heavy (non-hydrogen) atoms. The van der Waals surface area contributed by atoms with Crippen LogP contribution in [0.15, 0.2) is 54.7 Å². The minimum Gasteiger partial charge on any atom is -0.384 e. The van der Waals surface area contributed by atoms with E-state index < -0.39 is 12.0 Å². The number of benzene rings is 2. The van der Waals surface area contributed by atoms with Crippen molar-refractivity contribution in [1.29, 1.82) is 0 Å². The van der Waals surface area contributed by atoms with E-state index in [1.807, 2.05) is 47.3 Å². The van der Waals surface area contributed by atoms with Gasteiger partial charge in [0.2, 0.25) is 0 Å². The first-order chi connectivity index (χ1) is 10.1. The third-order valence-electron chi connectivity index (χ3n) is 3.24. The highest BCUT2D eigenvalue weighted by molar-refractivity contribution is 5.93. The number of nitrogens with zero attached hydrogens (tertiary/aromatic N) is 2. The summed E-state index contributed by atoms with van der Waals surface area (Å²) in [6.45, 7) is 1.43. The second-order valence-corrected chi connectivity index (χ2v) is 4.83. The van der Waals surface area contributed by atoms with Gasteiger partial charge in [0.05, 0.1) is 17.4 Å². The van der Waals surface area contributed by atoms with Gasteiger partial charge in [-0.15, -0.1) is 0 Å². The van der Waals surface area contributed by atoms with Crippen LogP contribution < -0.4 is 5.32 Å². The molecule has 106 valence electrons. The quantitative estimate of drug-likeness (QED) is 0.774. The topological polar surface area (TPSA) is 67.2 Å². The fourth-order valence-electron chi connectivity index (χ4n) is 2.11. The average molecular weight is 281 g/mol. The Hall–Kier alpha value is -2.66. The molecule has 0 aliphatic heterocycles. The third-order valence-corrected chi connectivity index (χ3v) is 3.24. The van der Waals surface area contributed by atoms with Gasteiger partial charge in [0.15, 0.2) is 0 Å². The van der Waals surface area contributed by atoms with Crippen LogP contribution in [-0.2, 0) is 4.79 Å². The molecule has 5 heteroatoms. The molecule has 1 aromatic heterocycles. The van der Waals surface area contributed by atoms with E-state index in [4.69, 9.17) is 0 Å². The molecule has 0 radical (unpaired) electrons. The van der Waals surface area contributed by atoms with E-state index in [1.165, 1.54) is 6.92 Å². The Balaban J connectivity index is 1.89. The number of hydrogen-bond acceptors (Lipinski definition) is 3. The normalized spacial score (nSPS) is 12.3. The van der Waals surface area contributed by atoms with Gasteiger partial charge in [-0.3, -0.25) is 4.79 Å². The van der Waals surface area contributed by atoms with Gasteiger partial charge in [0.1, 0.15) is 6.10 Å². The molecule has 1 amide bonds. The standard InChI is InChI=1S/C16H15N3O2/c1-11(20)16(21)18-13-6-8-14(9-7-13)19-15-5-3-2-4-12(15)10-17-19/h2-11,20H,1H3,(H,18,21). The van der Waals surface area contributed by atoms with E-state index >= 15 is 0 Å². The summed E-state index contributed by atoms with van der Waals surface area (Å²) in [5.41, 5.74) is 2.57. The number of aromatic nitrogens is 2. The van der Waals surface area contributed by atoms with Crippen LogP contribution in [0.25, 0.3) is 16.6 Å². The van der Waals surface area contributed by atoms with Crippen molar-refractivity contribution in [1.82, 2.24) is 9.78 Å². The molecule has 0 bridgehead atoms. The number of aliphatic hydroxyl groups excluding tert-OH is 1. The Morgan fingerprint density at radius 3 is 2.62 bits per heavy atom. The molecule has 1 atom stereocenters. The molecule has 1 heterocycles. The minimum absolute atomic E-state index is 0.424. The van der Waals surface area contributed by atoms with Gasteiger partial charge in [-0.05, 0) is 37.3 Å². The van der Waals surface area contributed by atoms with Gasteiger partial charge >= 0.3 is 0 Å². The molecule has 2 aromatic carbocycles. The summed E-state index contributed by atoms with van der Waals surface area (Å²) in [6, 6.07) is 15.3. The molecule has 0 aliphatic rings. The number of fused-ring (bicyclic) bond motifs is 1. The predicted molar refractivity (Wildman–Crippen MR) is 81.4 cm³/mol. The van der Waals surface area contributed by atoms with Crippen LogP contribution in [0.1, 0.15) is 6.92 Å². The molecule has 0 spiro atoms. The van der Waals surface area contributed by atoms with Crippen molar-refractivity contribution < 1.29 is 9.90 Å². The third kappa shape index (κ3) is 2.64. The number of carbonyl (C=O) groups is 1. The zero-order chi connectivity index (χ0) is 14.8. The van der Waals surface area contributed by atoms with Gasteiger partial charge in [0.25, 0.3) is 5.91 Å². The van der Waals surface area contributed by atoms with Crippen molar-refractivity contribution in [3.63, 3.8) is 0 Å². The maximum Gasteiger partial charge on any atom is 0.252 e. The Labute approximate surface area is 121 Å². The number of rotatable bonds is 3. The van der Waals surface area contributed by atoms with Crippen LogP contribution >= 0.6 is 0 Å². The molecule has 5 nitrogen and oxygen atoms in total. The lowest BCUT2D eigenvalue weighted by Crippen LogP contribution is -2.24. The first-order valence-electron chi connectivity index (χ1n) is 6.67. The second-order valence-electron chi connectivity index (χ2n) is 4.83. The van der Waals surface area contributed by atoms with Crippen LogP contribution in [0.2, 0.25) is 0 Å². The van der Waals surface area contributed by atoms with E-state index in [-0.39, 0.29) is 0 Å².